The Morgan fingerprint density at radius 3 is 2.23 bits per heavy atom. The molecule has 1 saturated carbocycles. The molecule has 13 heavy (non-hydrogen) atoms. The maximum absolute atomic E-state index is 13.3. The third kappa shape index (κ3) is 4.08. The highest BCUT2D eigenvalue weighted by Crippen LogP contribution is 2.27. The molecule has 0 aromatic carbocycles. The van der Waals surface area contributed by atoms with Crippen molar-refractivity contribution in [1.29, 1.82) is 0 Å². The van der Waals surface area contributed by atoms with Crippen LogP contribution < -0.4 is 5.73 Å². The Balaban J connectivity index is 2.25. The van der Waals surface area contributed by atoms with Gasteiger partial charge in [-0.15, -0.1) is 0 Å². The third-order valence-corrected chi connectivity index (χ3v) is 3.10. The van der Waals surface area contributed by atoms with Gasteiger partial charge in [-0.25, -0.2) is 4.39 Å². The van der Waals surface area contributed by atoms with E-state index in [4.69, 9.17) is 5.73 Å². The van der Waals surface area contributed by atoms with E-state index in [2.05, 4.69) is 0 Å². The molecule has 78 valence electrons. The number of halogens is 1. The zero-order valence-electron chi connectivity index (χ0n) is 8.64. The second-order valence-corrected chi connectivity index (χ2v) is 4.47. The first kappa shape index (κ1) is 11.0. The molecule has 1 nitrogen and oxygen atoms in total. The van der Waals surface area contributed by atoms with Crippen molar-refractivity contribution < 1.29 is 4.39 Å². The minimum Gasteiger partial charge on any atom is -0.325 e. The van der Waals surface area contributed by atoms with Crippen LogP contribution in [0.2, 0.25) is 0 Å². The summed E-state index contributed by atoms with van der Waals surface area (Å²) in [7, 11) is 0. The van der Waals surface area contributed by atoms with Crippen LogP contribution in [0.1, 0.15) is 51.9 Å². The summed E-state index contributed by atoms with van der Waals surface area (Å²) in [5.41, 5.74) is 5.52. The van der Waals surface area contributed by atoms with Crippen molar-refractivity contribution in [2.75, 3.05) is 0 Å². The summed E-state index contributed by atoms with van der Waals surface area (Å²) in [4.78, 5) is 0. The predicted molar refractivity (Wildman–Crippen MR) is 54.4 cm³/mol. The second kappa shape index (κ2) is 5.58. The molecule has 0 aliphatic heterocycles. The van der Waals surface area contributed by atoms with E-state index in [0.717, 1.165) is 0 Å². The van der Waals surface area contributed by atoms with Crippen molar-refractivity contribution in [3.05, 3.63) is 0 Å². The molecule has 1 aliphatic carbocycles. The first-order valence-corrected chi connectivity index (χ1v) is 5.60. The fourth-order valence-electron chi connectivity index (χ4n) is 2.13. The number of alkyl halides is 1. The highest BCUT2D eigenvalue weighted by Gasteiger charge is 2.19. The normalized spacial score (nSPS) is 25.2. The predicted octanol–water partition coefficient (Wildman–Crippen LogP) is 3.03. The maximum atomic E-state index is 13.3. The summed E-state index contributed by atoms with van der Waals surface area (Å²) in [5.74, 6) is 0.600. The highest BCUT2D eigenvalue weighted by molar-refractivity contribution is 4.73. The lowest BCUT2D eigenvalue weighted by Gasteiger charge is -2.18. The van der Waals surface area contributed by atoms with E-state index in [0.29, 0.717) is 12.3 Å². The molecule has 0 amide bonds. The fourth-order valence-corrected chi connectivity index (χ4v) is 2.13. The molecule has 2 atom stereocenters. The molecular formula is C11H22FN. The zero-order valence-corrected chi connectivity index (χ0v) is 8.64. The zero-order chi connectivity index (χ0) is 9.68. The monoisotopic (exact) mass is 187 g/mol. The lowest BCUT2D eigenvalue weighted by molar-refractivity contribution is 0.226. The van der Waals surface area contributed by atoms with E-state index in [-0.39, 0.29) is 6.04 Å². The van der Waals surface area contributed by atoms with Crippen LogP contribution in [0.15, 0.2) is 0 Å². The number of hydrogen-bond donors (Lipinski definition) is 1. The van der Waals surface area contributed by atoms with E-state index in [1.165, 1.54) is 38.5 Å². The van der Waals surface area contributed by atoms with Gasteiger partial charge in [-0.05, 0) is 19.3 Å². The quantitative estimate of drug-likeness (QED) is 0.675. The van der Waals surface area contributed by atoms with Crippen molar-refractivity contribution in [1.82, 2.24) is 0 Å². The van der Waals surface area contributed by atoms with Crippen LogP contribution >= 0.6 is 0 Å². The van der Waals surface area contributed by atoms with Crippen LogP contribution in [0.3, 0.4) is 0 Å². The molecule has 2 unspecified atom stereocenters. The van der Waals surface area contributed by atoms with E-state index in [1.807, 2.05) is 0 Å². The van der Waals surface area contributed by atoms with Crippen molar-refractivity contribution >= 4 is 0 Å². The van der Waals surface area contributed by atoms with Gasteiger partial charge in [0.05, 0.1) is 0 Å². The van der Waals surface area contributed by atoms with E-state index < -0.39 is 6.17 Å². The Kier molecular flexibility index (Phi) is 4.71. The Morgan fingerprint density at radius 2 is 1.77 bits per heavy atom. The number of nitrogens with two attached hydrogens (primary N) is 1. The lowest BCUT2D eigenvalue weighted by Crippen LogP contribution is -2.29. The van der Waals surface area contributed by atoms with Gasteiger partial charge in [-0.3, -0.25) is 0 Å². The Hall–Kier alpha value is -0.110. The first-order valence-electron chi connectivity index (χ1n) is 5.60. The molecule has 0 radical (unpaired) electrons. The molecule has 1 aliphatic rings. The number of hydrogen-bond acceptors (Lipinski definition) is 1. The van der Waals surface area contributed by atoms with Gasteiger partial charge in [-0.1, -0.05) is 38.5 Å². The topological polar surface area (TPSA) is 26.0 Å². The summed E-state index contributed by atoms with van der Waals surface area (Å²) in [6.45, 7) is 1.77. The molecule has 0 heterocycles. The van der Waals surface area contributed by atoms with Crippen molar-refractivity contribution in [2.24, 2.45) is 11.7 Å². The molecule has 2 heteroatoms. The van der Waals surface area contributed by atoms with Gasteiger partial charge in [0, 0.05) is 6.04 Å². The van der Waals surface area contributed by atoms with E-state index in [9.17, 15) is 4.39 Å². The SMILES string of the molecule is CC(N)C(F)CC1CCCCCC1. The standard InChI is InChI=1S/C11H22FN/c1-9(13)11(12)8-10-6-4-2-3-5-7-10/h9-11H,2-8,13H2,1H3. The van der Waals surface area contributed by atoms with Gasteiger partial charge < -0.3 is 5.73 Å². The maximum Gasteiger partial charge on any atom is 0.115 e. The van der Waals surface area contributed by atoms with Crippen LogP contribution in [-0.4, -0.2) is 12.2 Å². The van der Waals surface area contributed by atoms with Gasteiger partial charge in [0.1, 0.15) is 6.17 Å². The van der Waals surface area contributed by atoms with Crippen LogP contribution in [0.5, 0.6) is 0 Å². The largest absolute Gasteiger partial charge is 0.325 e. The van der Waals surface area contributed by atoms with Crippen LogP contribution in [0, 0.1) is 5.92 Å². The van der Waals surface area contributed by atoms with Crippen molar-refractivity contribution in [3.8, 4) is 0 Å². The Labute approximate surface area is 80.9 Å². The van der Waals surface area contributed by atoms with Gasteiger partial charge in [-0.2, -0.15) is 0 Å². The Bertz CT molecular complexity index is 128. The van der Waals surface area contributed by atoms with Gasteiger partial charge in [0.2, 0.25) is 0 Å². The average molecular weight is 187 g/mol. The van der Waals surface area contributed by atoms with Gasteiger partial charge in [0.25, 0.3) is 0 Å². The highest BCUT2D eigenvalue weighted by atomic mass is 19.1. The summed E-state index contributed by atoms with van der Waals surface area (Å²) >= 11 is 0. The molecule has 1 fully saturated rings. The molecule has 1 rings (SSSR count). The van der Waals surface area contributed by atoms with Crippen LogP contribution in [-0.2, 0) is 0 Å². The lowest BCUT2D eigenvalue weighted by atomic mass is 9.92. The molecule has 0 aromatic rings. The van der Waals surface area contributed by atoms with Crippen molar-refractivity contribution in [2.45, 2.75) is 64.1 Å². The second-order valence-electron chi connectivity index (χ2n) is 4.47. The first-order chi connectivity index (χ1) is 6.20. The summed E-state index contributed by atoms with van der Waals surface area (Å²) in [6, 6.07) is -0.289. The van der Waals surface area contributed by atoms with Crippen LogP contribution in [0.4, 0.5) is 4.39 Å². The molecule has 0 spiro atoms. The smallest absolute Gasteiger partial charge is 0.115 e. The average Bonchev–Trinajstić information content (AvgIpc) is 2.32. The molecule has 0 bridgehead atoms. The summed E-state index contributed by atoms with van der Waals surface area (Å²) in [6.07, 6.45) is 7.59. The summed E-state index contributed by atoms with van der Waals surface area (Å²) in [5, 5.41) is 0. The molecule has 2 N–H and O–H groups in total. The fraction of sp³-hybridized carbons (Fsp3) is 1.00. The minimum atomic E-state index is -0.789. The van der Waals surface area contributed by atoms with E-state index >= 15 is 0 Å². The summed E-state index contributed by atoms with van der Waals surface area (Å²) < 4.78 is 13.3. The molecular weight excluding hydrogens is 165 g/mol. The van der Waals surface area contributed by atoms with Crippen molar-refractivity contribution in [3.63, 3.8) is 0 Å². The van der Waals surface area contributed by atoms with E-state index in [1.54, 1.807) is 6.92 Å². The van der Waals surface area contributed by atoms with Gasteiger partial charge >= 0.3 is 0 Å². The Morgan fingerprint density at radius 1 is 1.23 bits per heavy atom. The van der Waals surface area contributed by atoms with Crippen LogP contribution in [0.25, 0.3) is 0 Å². The third-order valence-electron chi connectivity index (χ3n) is 3.10. The minimum absolute atomic E-state index is 0.289. The molecule has 0 saturated heterocycles. The number of rotatable bonds is 3. The molecule has 0 aromatic heterocycles. The van der Waals surface area contributed by atoms with Gasteiger partial charge in [0.15, 0.2) is 0 Å².